The van der Waals surface area contributed by atoms with Gasteiger partial charge in [-0.15, -0.1) is 0 Å². The second kappa shape index (κ2) is 3.58. The number of nitrogens with two attached hydrogens (primary N) is 1. The van der Waals surface area contributed by atoms with Crippen LogP contribution in [-0.2, 0) is 0 Å². The summed E-state index contributed by atoms with van der Waals surface area (Å²) in [5.41, 5.74) is 5.06. The van der Waals surface area contributed by atoms with E-state index in [1.54, 1.807) is 0 Å². The van der Waals surface area contributed by atoms with E-state index in [0.29, 0.717) is 5.02 Å². The van der Waals surface area contributed by atoms with Gasteiger partial charge >= 0.3 is 0 Å². The lowest BCUT2D eigenvalue weighted by Gasteiger charge is -2.11. The number of halogens is 2. The number of carbonyl (C=O) groups is 1. The van der Waals surface area contributed by atoms with Crippen LogP contribution in [0, 0.1) is 11.2 Å². The van der Waals surface area contributed by atoms with E-state index in [4.69, 9.17) is 17.3 Å². The molecule has 0 unspecified atom stereocenters. The van der Waals surface area contributed by atoms with Crippen LogP contribution in [0.4, 0.5) is 4.39 Å². The van der Waals surface area contributed by atoms with Crippen molar-refractivity contribution in [3.8, 4) is 0 Å². The standard InChI is InChI=1S/C11H11ClFNO/c12-7-1-2-9(13)8(5-7)10(15)11(6-14)3-4-11/h1-2,5H,3-4,6,14H2. The van der Waals surface area contributed by atoms with Crippen molar-refractivity contribution in [1.29, 1.82) is 0 Å². The molecular formula is C11H11ClFNO. The summed E-state index contributed by atoms with van der Waals surface area (Å²) in [5.74, 6) is -0.742. The molecule has 0 aliphatic heterocycles. The fourth-order valence-corrected chi connectivity index (χ4v) is 1.80. The van der Waals surface area contributed by atoms with E-state index >= 15 is 0 Å². The highest BCUT2D eigenvalue weighted by molar-refractivity contribution is 6.31. The van der Waals surface area contributed by atoms with Crippen molar-refractivity contribution in [3.05, 3.63) is 34.6 Å². The van der Waals surface area contributed by atoms with Gasteiger partial charge in [0.15, 0.2) is 5.78 Å². The minimum Gasteiger partial charge on any atom is -0.329 e. The van der Waals surface area contributed by atoms with Crippen molar-refractivity contribution >= 4 is 17.4 Å². The van der Waals surface area contributed by atoms with Crippen LogP contribution in [0.3, 0.4) is 0 Å². The molecule has 1 aliphatic carbocycles. The maximum absolute atomic E-state index is 13.4. The maximum atomic E-state index is 13.4. The third-order valence-corrected chi connectivity index (χ3v) is 3.13. The fourth-order valence-electron chi connectivity index (χ4n) is 1.63. The molecule has 2 nitrogen and oxygen atoms in total. The number of hydrogen-bond acceptors (Lipinski definition) is 2. The summed E-state index contributed by atoms with van der Waals surface area (Å²) in [5, 5.41) is 0.368. The second-order valence-electron chi connectivity index (χ2n) is 3.94. The minimum absolute atomic E-state index is 0.0606. The number of ketones is 1. The lowest BCUT2D eigenvalue weighted by Crippen LogP contribution is -2.26. The summed E-state index contributed by atoms with van der Waals surface area (Å²) in [6, 6.07) is 4.01. The SMILES string of the molecule is NCC1(C(=O)c2cc(Cl)ccc2F)CC1. The zero-order chi connectivity index (χ0) is 11.1. The zero-order valence-electron chi connectivity index (χ0n) is 8.09. The van der Waals surface area contributed by atoms with Gasteiger partial charge in [0, 0.05) is 17.0 Å². The molecular weight excluding hydrogens is 217 g/mol. The van der Waals surface area contributed by atoms with Crippen molar-refractivity contribution in [1.82, 2.24) is 0 Å². The molecule has 0 amide bonds. The summed E-state index contributed by atoms with van der Waals surface area (Å²) >= 11 is 5.72. The first-order chi connectivity index (χ1) is 7.09. The summed E-state index contributed by atoms with van der Waals surface area (Å²) in [6.07, 6.45) is 1.49. The molecule has 4 heteroatoms. The van der Waals surface area contributed by atoms with Gasteiger partial charge < -0.3 is 5.73 Å². The first-order valence-electron chi connectivity index (χ1n) is 4.79. The molecule has 1 saturated carbocycles. The van der Waals surface area contributed by atoms with E-state index in [-0.39, 0.29) is 17.9 Å². The Hall–Kier alpha value is -0.930. The van der Waals surface area contributed by atoms with Gasteiger partial charge in [-0.3, -0.25) is 4.79 Å². The zero-order valence-corrected chi connectivity index (χ0v) is 8.85. The normalized spacial score (nSPS) is 17.5. The highest BCUT2D eigenvalue weighted by Crippen LogP contribution is 2.47. The van der Waals surface area contributed by atoms with Gasteiger partial charge in [-0.1, -0.05) is 11.6 Å². The molecule has 0 atom stereocenters. The predicted molar refractivity (Wildman–Crippen MR) is 56.5 cm³/mol. The van der Waals surface area contributed by atoms with Gasteiger partial charge in [-0.05, 0) is 31.0 Å². The molecule has 2 N–H and O–H groups in total. The van der Waals surface area contributed by atoms with Crippen LogP contribution in [0.15, 0.2) is 18.2 Å². The molecule has 1 aliphatic rings. The first kappa shape index (κ1) is 10.6. The molecule has 15 heavy (non-hydrogen) atoms. The number of carbonyl (C=O) groups excluding carboxylic acids is 1. The Labute approximate surface area is 92.2 Å². The smallest absolute Gasteiger partial charge is 0.173 e. The second-order valence-corrected chi connectivity index (χ2v) is 4.37. The maximum Gasteiger partial charge on any atom is 0.173 e. The summed E-state index contributed by atoms with van der Waals surface area (Å²) in [6.45, 7) is 0.276. The van der Waals surface area contributed by atoms with E-state index in [0.717, 1.165) is 12.8 Å². The van der Waals surface area contributed by atoms with Crippen LogP contribution >= 0.6 is 11.6 Å². The molecule has 1 aromatic rings. The van der Waals surface area contributed by atoms with Crippen molar-refractivity contribution in [2.24, 2.45) is 11.1 Å². The summed E-state index contributed by atoms with van der Waals surface area (Å²) < 4.78 is 13.4. The van der Waals surface area contributed by atoms with Crippen LogP contribution in [0.2, 0.25) is 5.02 Å². The van der Waals surface area contributed by atoms with Crippen LogP contribution in [-0.4, -0.2) is 12.3 Å². The largest absolute Gasteiger partial charge is 0.329 e. The van der Waals surface area contributed by atoms with Crippen molar-refractivity contribution in [2.45, 2.75) is 12.8 Å². The molecule has 0 saturated heterocycles. The van der Waals surface area contributed by atoms with Gasteiger partial charge in [-0.2, -0.15) is 0 Å². The Morgan fingerprint density at radius 3 is 2.73 bits per heavy atom. The molecule has 0 bridgehead atoms. The Morgan fingerprint density at radius 1 is 1.53 bits per heavy atom. The molecule has 1 fully saturated rings. The molecule has 2 rings (SSSR count). The third kappa shape index (κ3) is 1.77. The average molecular weight is 228 g/mol. The lowest BCUT2D eigenvalue weighted by molar-refractivity contribution is 0.0901. The van der Waals surface area contributed by atoms with Crippen LogP contribution < -0.4 is 5.73 Å². The fraction of sp³-hybridized carbons (Fsp3) is 0.364. The van der Waals surface area contributed by atoms with Gasteiger partial charge in [0.05, 0.1) is 5.56 Å². The molecule has 1 aromatic carbocycles. The molecule has 0 radical (unpaired) electrons. The van der Waals surface area contributed by atoms with Gasteiger partial charge in [0.2, 0.25) is 0 Å². The quantitative estimate of drug-likeness (QED) is 0.806. The molecule has 80 valence electrons. The predicted octanol–water partition coefficient (Wildman–Crippen LogP) is 2.40. The van der Waals surface area contributed by atoms with E-state index in [2.05, 4.69) is 0 Å². The Kier molecular flexibility index (Phi) is 2.52. The van der Waals surface area contributed by atoms with Gasteiger partial charge in [-0.25, -0.2) is 4.39 Å². The lowest BCUT2D eigenvalue weighted by atomic mass is 9.94. The van der Waals surface area contributed by atoms with Gasteiger partial charge in [0.1, 0.15) is 5.82 Å². The minimum atomic E-state index is -0.524. The summed E-state index contributed by atoms with van der Waals surface area (Å²) in [7, 11) is 0. The third-order valence-electron chi connectivity index (χ3n) is 2.90. The van der Waals surface area contributed by atoms with Crippen LogP contribution in [0.5, 0.6) is 0 Å². The molecule has 0 spiro atoms. The molecule has 0 heterocycles. The van der Waals surface area contributed by atoms with Crippen LogP contribution in [0.1, 0.15) is 23.2 Å². The van der Waals surface area contributed by atoms with E-state index in [1.807, 2.05) is 0 Å². The van der Waals surface area contributed by atoms with E-state index in [9.17, 15) is 9.18 Å². The first-order valence-corrected chi connectivity index (χ1v) is 5.17. The monoisotopic (exact) mass is 227 g/mol. The Morgan fingerprint density at radius 2 is 2.20 bits per heavy atom. The average Bonchev–Trinajstić information content (AvgIpc) is 3.01. The molecule has 0 aromatic heterocycles. The number of Topliss-reactive ketones (excluding diaryl/α,β-unsaturated/α-hetero) is 1. The van der Waals surface area contributed by atoms with Crippen molar-refractivity contribution < 1.29 is 9.18 Å². The van der Waals surface area contributed by atoms with Crippen LogP contribution in [0.25, 0.3) is 0 Å². The van der Waals surface area contributed by atoms with Crippen molar-refractivity contribution in [3.63, 3.8) is 0 Å². The Balaban J connectivity index is 2.37. The number of rotatable bonds is 3. The highest BCUT2D eigenvalue weighted by atomic mass is 35.5. The van der Waals surface area contributed by atoms with Gasteiger partial charge in [0.25, 0.3) is 0 Å². The van der Waals surface area contributed by atoms with E-state index in [1.165, 1.54) is 18.2 Å². The topological polar surface area (TPSA) is 43.1 Å². The number of benzene rings is 1. The highest BCUT2D eigenvalue weighted by Gasteiger charge is 2.49. The van der Waals surface area contributed by atoms with Crippen molar-refractivity contribution in [2.75, 3.05) is 6.54 Å². The Bertz CT molecular complexity index is 415. The summed E-state index contributed by atoms with van der Waals surface area (Å²) in [4.78, 5) is 12.0. The number of hydrogen-bond donors (Lipinski definition) is 1. The van der Waals surface area contributed by atoms with E-state index < -0.39 is 11.2 Å².